The van der Waals surface area contributed by atoms with Gasteiger partial charge in [0, 0.05) is 37.3 Å². The number of nitrogens with zero attached hydrogens (tertiary/aromatic N) is 2. The van der Waals surface area contributed by atoms with Crippen molar-refractivity contribution in [2.45, 2.75) is 32.4 Å². The Balaban J connectivity index is 1.98. The predicted molar refractivity (Wildman–Crippen MR) is 64.2 cm³/mol. The molecule has 2 heterocycles. The first-order valence-electron chi connectivity index (χ1n) is 5.68. The second-order valence-electron chi connectivity index (χ2n) is 4.10. The Morgan fingerprint density at radius 2 is 2.60 bits per heavy atom. The lowest BCUT2D eigenvalue weighted by Gasteiger charge is -2.36. The Labute approximate surface area is 95.5 Å². The molecule has 1 aliphatic rings. The summed E-state index contributed by atoms with van der Waals surface area (Å²) in [5, 5.41) is 6.84. The normalized spacial score (nSPS) is 25.3. The van der Waals surface area contributed by atoms with Gasteiger partial charge in [-0.05, 0) is 13.3 Å². The van der Waals surface area contributed by atoms with Crippen LogP contribution in [-0.4, -0.2) is 35.6 Å². The number of hydrogen-bond donors (Lipinski definition) is 1. The van der Waals surface area contributed by atoms with Crippen LogP contribution in [0.5, 0.6) is 0 Å². The van der Waals surface area contributed by atoms with Crippen LogP contribution in [0.15, 0.2) is 11.6 Å². The zero-order valence-electron chi connectivity index (χ0n) is 9.44. The molecule has 1 fully saturated rings. The minimum atomic E-state index is 0.473. The fraction of sp³-hybridized carbons (Fsp3) is 0.727. The maximum absolute atomic E-state index is 4.40. The van der Waals surface area contributed by atoms with Gasteiger partial charge in [0.1, 0.15) is 5.01 Å². The van der Waals surface area contributed by atoms with Gasteiger partial charge in [0.25, 0.3) is 0 Å². The van der Waals surface area contributed by atoms with E-state index in [0.717, 1.165) is 19.6 Å². The van der Waals surface area contributed by atoms with Gasteiger partial charge in [-0.2, -0.15) is 0 Å². The van der Waals surface area contributed by atoms with E-state index in [4.69, 9.17) is 0 Å². The van der Waals surface area contributed by atoms with Crippen LogP contribution in [0.3, 0.4) is 0 Å². The Morgan fingerprint density at radius 3 is 3.27 bits per heavy atom. The molecule has 15 heavy (non-hydrogen) atoms. The molecule has 4 heteroatoms. The third-order valence-electron chi connectivity index (χ3n) is 3.14. The second-order valence-corrected chi connectivity index (χ2v) is 5.03. The van der Waals surface area contributed by atoms with E-state index in [0.29, 0.717) is 12.1 Å². The molecule has 3 nitrogen and oxygen atoms in total. The second kappa shape index (κ2) is 5.05. The van der Waals surface area contributed by atoms with Crippen LogP contribution in [0, 0.1) is 0 Å². The van der Waals surface area contributed by atoms with E-state index in [9.17, 15) is 0 Å². The molecule has 0 saturated carbocycles. The Kier molecular flexibility index (Phi) is 3.72. The number of hydrogen-bond acceptors (Lipinski definition) is 4. The maximum Gasteiger partial charge on any atom is 0.109 e. The number of piperazine rings is 1. The summed E-state index contributed by atoms with van der Waals surface area (Å²) in [7, 11) is 0. The third kappa shape index (κ3) is 2.56. The molecule has 2 unspecified atom stereocenters. The average Bonchev–Trinajstić information content (AvgIpc) is 2.81. The molecule has 2 atom stereocenters. The molecule has 1 aromatic heterocycles. The Bertz CT molecular complexity index is 286. The van der Waals surface area contributed by atoms with Gasteiger partial charge in [-0.1, -0.05) is 6.92 Å². The van der Waals surface area contributed by atoms with Gasteiger partial charge in [-0.3, -0.25) is 4.90 Å². The fourth-order valence-corrected chi connectivity index (χ4v) is 2.80. The van der Waals surface area contributed by atoms with Crippen molar-refractivity contribution >= 4 is 11.3 Å². The van der Waals surface area contributed by atoms with Crippen LogP contribution in [0.25, 0.3) is 0 Å². The fourth-order valence-electron chi connectivity index (χ4n) is 2.07. The Hall–Kier alpha value is -0.450. The SMILES string of the molecule is CCC1CN(C(C)c2nccs2)CCN1. The summed E-state index contributed by atoms with van der Waals surface area (Å²) in [5.41, 5.74) is 0. The molecule has 0 spiro atoms. The summed E-state index contributed by atoms with van der Waals surface area (Å²) in [5.74, 6) is 0. The first kappa shape index (κ1) is 11.0. The van der Waals surface area contributed by atoms with E-state index in [2.05, 4.69) is 34.4 Å². The number of rotatable bonds is 3. The lowest BCUT2D eigenvalue weighted by atomic mass is 10.1. The Morgan fingerprint density at radius 1 is 1.73 bits per heavy atom. The summed E-state index contributed by atoms with van der Waals surface area (Å²) in [6.07, 6.45) is 3.11. The smallest absolute Gasteiger partial charge is 0.109 e. The van der Waals surface area contributed by atoms with Crippen molar-refractivity contribution in [3.63, 3.8) is 0 Å². The van der Waals surface area contributed by atoms with Gasteiger partial charge in [-0.25, -0.2) is 4.98 Å². The van der Waals surface area contributed by atoms with E-state index >= 15 is 0 Å². The number of aromatic nitrogens is 1. The molecule has 84 valence electrons. The topological polar surface area (TPSA) is 28.2 Å². The molecule has 2 rings (SSSR count). The van der Waals surface area contributed by atoms with Gasteiger partial charge in [0.2, 0.25) is 0 Å². The highest BCUT2D eigenvalue weighted by Gasteiger charge is 2.23. The monoisotopic (exact) mass is 225 g/mol. The number of nitrogens with one attached hydrogen (secondary N) is 1. The molecule has 1 saturated heterocycles. The third-order valence-corrected chi connectivity index (χ3v) is 4.08. The van der Waals surface area contributed by atoms with Crippen LogP contribution in [0.2, 0.25) is 0 Å². The quantitative estimate of drug-likeness (QED) is 0.851. The highest BCUT2D eigenvalue weighted by atomic mass is 32.1. The highest BCUT2D eigenvalue weighted by Crippen LogP contribution is 2.23. The summed E-state index contributed by atoms with van der Waals surface area (Å²) in [6.45, 7) is 7.90. The van der Waals surface area contributed by atoms with Crippen LogP contribution in [0.1, 0.15) is 31.3 Å². The van der Waals surface area contributed by atoms with E-state index in [-0.39, 0.29) is 0 Å². The molecular formula is C11H19N3S. The van der Waals surface area contributed by atoms with Crippen LogP contribution >= 0.6 is 11.3 Å². The molecule has 0 amide bonds. The van der Waals surface area contributed by atoms with Crippen molar-refractivity contribution in [2.24, 2.45) is 0 Å². The summed E-state index contributed by atoms with van der Waals surface area (Å²) >= 11 is 1.76. The standard InChI is InChI=1S/C11H19N3S/c1-3-10-8-14(6-4-12-10)9(2)11-13-5-7-15-11/h5,7,9-10,12H,3-4,6,8H2,1-2H3. The minimum absolute atomic E-state index is 0.473. The van der Waals surface area contributed by atoms with Crippen molar-refractivity contribution in [2.75, 3.05) is 19.6 Å². The van der Waals surface area contributed by atoms with E-state index in [1.165, 1.54) is 11.4 Å². The lowest BCUT2D eigenvalue weighted by Crippen LogP contribution is -2.50. The molecule has 0 radical (unpaired) electrons. The largest absolute Gasteiger partial charge is 0.311 e. The first-order valence-corrected chi connectivity index (χ1v) is 6.56. The van der Waals surface area contributed by atoms with Crippen LogP contribution < -0.4 is 5.32 Å². The first-order chi connectivity index (χ1) is 7.31. The van der Waals surface area contributed by atoms with E-state index in [1.54, 1.807) is 11.3 Å². The van der Waals surface area contributed by atoms with Gasteiger partial charge < -0.3 is 5.32 Å². The van der Waals surface area contributed by atoms with Gasteiger partial charge in [0.05, 0.1) is 6.04 Å². The van der Waals surface area contributed by atoms with E-state index in [1.807, 2.05) is 6.20 Å². The zero-order valence-corrected chi connectivity index (χ0v) is 10.3. The average molecular weight is 225 g/mol. The predicted octanol–water partition coefficient (Wildman–Crippen LogP) is 1.89. The molecule has 0 bridgehead atoms. The van der Waals surface area contributed by atoms with Crippen molar-refractivity contribution in [1.29, 1.82) is 0 Å². The molecule has 1 aliphatic heterocycles. The maximum atomic E-state index is 4.40. The molecule has 0 aliphatic carbocycles. The number of thiazole rings is 1. The molecular weight excluding hydrogens is 206 g/mol. The van der Waals surface area contributed by atoms with Gasteiger partial charge >= 0.3 is 0 Å². The van der Waals surface area contributed by atoms with Crippen molar-refractivity contribution < 1.29 is 0 Å². The summed E-state index contributed by atoms with van der Waals surface area (Å²) < 4.78 is 0. The van der Waals surface area contributed by atoms with E-state index < -0.39 is 0 Å². The molecule has 1 aromatic rings. The molecule has 0 aromatic carbocycles. The van der Waals surface area contributed by atoms with Crippen molar-refractivity contribution in [1.82, 2.24) is 15.2 Å². The van der Waals surface area contributed by atoms with Crippen LogP contribution in [0.4, 0.5) is 0 Å². The summed E-state index contributed by atoms with van der Waals surface area (Å²) in [6, 6.07) is 1.13. The highest BCUT2D eigenvalue weighted by molar-refractivity contribution is 7.09. The minimum Gasteiger partial charge on any atom is -0.311 e. The lowest BCUT2D eigenvalue weighted by molar-refractivity contribution is 0.151. The zero-order chi connectivity index (χ0) is 10.7. The van der Waals surface area contributed by atoms with Crippen molar-refractivity contribution in [3.05, 3.63) is 16.6 Å². The van der Waals surface area contributed by atoms with Crippen molar-refractivity contribution in [3.8, 4) is 0 Å². The van der Waals surface area contributed by atoms with Gasteiger partial charge in [-0.15, -0.1) is 11.3 Å². The molecule has 1 N–H and O–H groups in total. The van der Waals surface area contributed by atoms with Gasteiger partial charge in [0.15, 0.2) is 0 Å². The van der Waals surface area contributed by atoms with Crippen LogP contribution in [-0.2, 0) is 0 Å². The summed E-state index contributed by atoms with van der Waals surface area (Å²) in [4.78, 5) is 6.93.